The van der Waals surface area contributed by atoms with Crippen LogP contribution < -0.4 is 0 Å². The van der Waals surface area contributed by atoms with Crippen molar-refractivity contribution in [3.05, 3.63) is 93.5 Å². The molecule has 0 bridgehead atoms. The van der Waals surface area contributed by atoms with Crippen LogP contribution in [0.4, 0.5) is 8.78 Å². The van der Waals surface area contributed by atoms with Crippen molar-refractivity contribution in [2.45, 2.75) is 27.7 Å². The van der Waals surface area contributed by atoms with Crippen LogP contribution in [-0.4, -0.2) is 0 Å². The van der Waals surface area contributed by atoms with Crippen LogP contribution in [0.15, 0.2) is 48.5 Å². The summed E-state index contributed by atoms with van der Waals surface area (Å²) in [5.41, 5.74) is 6.55. The number of aryl methyl sites for hydroxylation is 3. The van der Waals surface area contributed by atoms with Crippen molar-refractivity contribution in [3.63, 3.8) is 0 Å². The van der Waals surface area contributed by atoms with Crippen molar-refractivity contribution in [2.24, 2.45) is 0 Å². The van der Waals surface area contributed by atoms with E-state index in [2.05, 4.69) is 44.7 Å². The van der Waals surface area contributed by atoms with E-state index in [9.17, 15) is 8.78 Å². The van der Waals surface area contributed by atoms with Gasteiger partial charge in [-0.3, -0.25) is 0 Å². The molecule has 3 aromatic rings. The van der Waals surface area contributed by atoms with Crippen LogP contribution in [0.25, 0.3) is 11.1 Å². The maximum absolute atomic E-state index is 14.1. The second kappa shape index (κ2) is 7.14. The van der Waals surface area contributed by atoms with Gasteiger partial charge in [0.2, 0.25) is 0 Å². The summed E-state index contributed by atoms with van der Waals surface area (Å²) in [5.74, 6) is 5.18. The van der Waals surface area contributed by atoms with E-state index in [1.54, 1.807) is 31.2 Å². The van der Waals surface area contributed by atoms with Crippen LogP contribution in [0.1, 0.15) is 33.4 Å². The van der Waals surface area contributed by atoms with Gasteiger partial charge in [-0.05, 0) is 91.9 Å². The summed E-state index contributed by atoms with van der Waals surface area (Å²) in [6.07, 6.45) is 0. The predicted octanol–water partition coefficient (Wildman–Crippen LogP) is 6.27. The van der Waals surface area contributed by atoms with Gasteiger partial charge in [0.15, 0.2) is 0 Å². The van der Waals surface area contributed by atoms with E-state index in [0.29, 0.717) is 11.1 Å². The molecule has 0 heterocycles. The Kier molecular flexibility index (Phi) is 4.91. The Morgan fingerprint density at radius 1 is 0.654 bits per heavy atom. The molecule has 0 saturated heterocycles. The molecule has 0 saturated carbocycles. The third-order valence-electron chi connectivity index (χ3n) is 4.64. The van der Waals surface area contributed by atoms with Gasteiger partial charge in [0.1, 0.15) is 11.6 Å². The van der Waals surface area contributed by atoms with Crippen molar-refractivity contribution in [2.75, 3.05) is 0 Å². The van der Waals surface area contributed by atoms with Crippen molar-refractivity contribution in [3.8, 4) is 23.0 Å². The SMILES string of the molecule is Cc1cc(F)c(-c2ccc(C#Cc3cc(C)c(C)c(C)c3)cc2)c(F)c1. The summed E-state index contributed by atoms with van der Waals surface area (Å²) in [6, 6.07) is 13.8. The monoisotopic (exact) mass is 346 g/mol. The Hall–Kier alpha value is -2.92. The zero-order chi connectivity index (χ0) is 18.8. The largest absolute Gasteiger partial charge is 0.206 e. The highest BCUT2D eigenvalue weighted by atomic mass is 19.1. The van der Waals surface area contributed by atoms with Crippen LogP contribution in [0.2, 0.25) is 0 Å². The molecule has 3 rings (SSSR count). The average Bonchev–Trinajstić information content (AvgIpc) is 2.58. The van der Waals surface area contributed by atoms with Crippen LogP contribution in [0.3, 0.4) is 0 Å². The van der Waals surface area contributed by atoms with Crippen molar-refractivity contribution < 1.29 is 8.78 Å². The second-order valence-electron chi connectivity index (χ2n) is 6.67. The van der Waals surface area contributed by atoms with Crippen LogP contribution in [0.5, 0.6) is 0 Å². The summed E-state index contributed by atoms with van der Waals surface area (Å²) in [7, 11) is 0. The lowest BCUT2D eigenvalue weighted by atomic mass is 10.00. The Morgan fingerprint density at radius 2 is 1.15 bits per heavy atom. The van der Waals surface area contributed by atoms with Gasteiger partial charge in [0.05, 0.1) is 5.56 Å². The van der Waals surface area contributed by atoms with Gasteiger partial charge in [-0.15, -0.1) is 0 Å². The molecule has 0 aromatic heterocycles. The molecular weight excluding hydrogens is 326 g/mol. The molecule has 0 aliphatic carbocycles. The van der Waals surface area contributed by atoms with Crippen LogP contribution >= 0.6 is 0 Å². The molecule has 26 heavy (non-hydrogen) atoms. The highest BCUT2D eigenvalue weighted by molar-refractivity contribution is 5.66. The van der Waals surface area contributed by atoms with Gasteiger partial charge in [0, 0.05) is 11.1 Å². The molecule has 3 aromatic carbocycles. The number of benzene rings is 3. The number of hydrogen-bond donors (Lipinski definition) is 0. The fourth-order valence-corrected chi connectivity index (χ4v) is 2.95. The molecule has 130 valence electrons. The highest BCUT2D eigenvalue weighted by Crippen LogP contribution is 2.27. The topological polar surface area (TPSA) is 0 Å². The fourth-order valence-electron chi connectivity index (χ4n) is 2.95. The molecule has 0 N–H and O–H groups in total. The molecule has 0 atom stereocenters. The predicted molar refractivity (Wildman–Crippen MR) is 103 cm³/mol. The molecule has 2 heteroatoms. The van der Waals surface area contributed by atoms with Crippen LogP contribution in [0, 0.1) is 51.2 Å². The Bertz CT molecular complexity index is 986. The van der Waals surface area contributed by atoms with E-state index in [1.165, 1.54) is 28.8 Å². The van der Waals surface area contributed by atoms with Gasteiger partial charge < -0.3 is 0 Å². The first-order chi connectivity index (χ1) is 12.3. The zero-order valence-electron chi connectivity index (χ0n) is 15.4. The normalized spacial score (nSPS) is 10.4. The summed E-state index contributed by atoms with van der Waals surface area (Å²) < 4.78 is 28.2. The molecule has 0 amide bonds. The molecular formula is C24H20F2. The smallest absolute Gasteiger partial charge is 0.134 e. The first-order valence-corrected chi connectivity index (χ1v) is 8.51. The first kappa shape index (κ1) is 17.9. The number of hydrogen-bond acceptors (Lipinski definition) is 0. The summed E-state index contributed by atoms with van der Waals surface area (Å²) in [5, 5.41) is 0. The summed E-state index contributed by atoms with van der Waals surface area (Å²) in [6.45, 7) is 7.92. The maximum Gasteiger partial charge on any atom is 0.134 e. The van der Waals surface area contributed by atoms with Crippen molar-refractivity contribution in [1.29, 1.82) is 0 Å². The van der Waals surface area contributed by atoms with Crippen molar-refractivity contribution in [1.82, 2.24) is 0 Å². The standard InChI is InChI=1S/C24H20F2/c1-15-11-22(25)24(23(26)12-15)21-9-7-19(8-10-21)5-6-20-13-16(2)18(4)17(3)14-20/h7-14H,1-4H3. The molecule has 0 radical (unpaired) electrons. The highest BCUT2D eigenvalue weighted by Gasteiger charge is 2.12. The third-order valence-corrected chi connectivity index (χ3v) is 4.64. The number of rotatable bonds is 1. The lowest BCUT2D eigenvalue weighted by Crippen LogP contribution is -1.92. The first-order valence-electron chi connectivity index (χ1n) is 8.51. The van der Waals surface area contributed by atoms with E-state index in [-0.39, 0.29) is 5.56 Å². The Balaban J connectivity index is 1.91. The zero-order valence-corrected chi connectivity index (χ0v) is 15.4. The minimum Gasteiger partial charge on any atom is -0.206 e. The van der Waals surface area contributed by atoms with E-state index < -0.39 is 11.6 Å². The molecule has 0 aliphatic rings. The minimum atomic E-state index is -0.549. The molecule has 0 fully saturated rings. The molecule has 0 aliphatic heterocycles. The van der Waals surface area contributed by atoms with Gasteiger partial charge >= 0.3 is 0 Å². The molecule has 0 unspecified atom stereocenters. The third kappa shape index (κ3) is 3.68. The Morgan fingerprint density at radius 3 is 1.69 bits per heavy atom. The second-order valence-corrected chi connectivity index (χ2v) is 6.67. The lowest BCUT2D eigenvalue weighted by Gasteiger charge is -2.07. The lowest BCUT2D eigenvalue weighted by molar-refractivity contribution is 0.588. The minimum absolute atomic E-state index is 0.0000987. The van der Waals surface area contributed by atoms with Gasteiger partial charge in [0.25, 0.3) is 0 Å². The van der Waals surface area contributed by atoms with Crippen molar-refractivity contribution >= 4 is 0 Å². The van der Waals surface area contributed by atoms with E-state index in [1.807, 2.05) is 0 Å². The quantitative estimate of drug-likeness (QED) is 0.456. The van der Waals surface area contributed by atoms with E-state index in [0.717, 1.165) is 11.1 Å². The van der Waals surface area contributed by atoms with Gasteiger partial charge in [-0.1, -0.05) is 24.0 Å². The van der Waals surface area contributed by atoms with E-state index in [4.69, 9.17) is 0 Å². The summed E-state index contributed by atoms with van der Waals surface area (Å²) >= 11 is 0. The Labute approximate surface area is 153 Å². The fraction of sp³-hybridized carbons (Fsp3) is 0.167. The van der Waals surface area contributed by atoms with Gasteiger partial charge in [-0.2, -0.15) is 0 Å². The molecule has 0 nitrogen and oxygen atoms in total. The molecule has 0 spiro atoms. The number of halogens is 2. The van der Waals surface area contributed by atoms with Gasteiger partial charge in [-0.25, -0.2) is 8.78 Å². The van der Waals surface area contributed by atoms with Crippen LogP contribution in [-0.2, 0) is 0 Å². The summed E-state index contributed by atoms with van der Waals surface area (Å²) in [4.78, 5) is 0. The van der Waals surface area contributed by atoms with E-state index >= 15 is 0 Å². The maximum atomic E-state index is 14.1. The average molecular weight is 346 g/mol.